The molecule has 0 bridgehead atoms. The van der Waals surface area contributed by atoms with Gasteiger partial charge in [-0.05, 0) is 62.0 Å². The van der Waals surface area contributed by atoms with Crippen molar-refractivity contribution in [1.82, 2.24) is 0 Å². The molecular weight excluding hydrogens is 332 g/mol. The second-order valence-corrected chi connectivity index (χ2v) is 9.59. The molecule has 2 heteroatoms. The van der Waals surface area contributed by atoms with Gasteiger partial charge in [-0.1, -0.05) is 76.1 Å². The average molecular weight is 371 g/mol. The molecule has 0 saturated heterocycles. The van der Waals surface area contributed by atoms with E-state index in [2.05, 4.69) is 45.9 Å². The molecule has 0 aliphatic heterocycles. The van der Waals surface area contributed by atoms with Crippen LogP contribution in [-0.4, -0.2) is 12.6 Å². The van der Waals surface area contributed by atoms with Crippen molar-refractivity contribution in [2.24, 2.45) is 10.8 Å². The van der Waals surface area contributed by atoms with Crippen LogP contribution in [0, 0.1) is 10.8 Å². The van der Waals surface area contributed by atoms with Crippen molar-refractivity contribution < 1.29 is 9.53 Å². The second-order valence-electron chi connectivity index (χ2n) is 9.59. The topological polar surface area (TPSA) is 26.3 Å². The predicted molar refractivity (Wildman–Crippen MR) is 117 cm³/mol. The minimum absolute atomic E-state index is 0.0138. The molecule has 0 unspecified atom stereocenters. The number of allylic oxidation sites excluding steroid dienone is 9. The first-order valence-electron chi connectivity index (χ1n) is 9.99. The molecule has 0 heterocycles. The predicted octanol–water partition coefficient (Wildman–Crippen LogP) is 7.11. The SMILES string of the molecule is CC1=C(/C=C/C(C)=C/C=C/C(C)=C/C(=O)OCC(C)(C)C)C(C)(C)CCC1. The van der Waals surface area contributed by atoms with E-state index >= 15 is 0 Å². The highest BCUT2D eigenvalue weighted by Gasteiger charge is 2.26. The fraction of sp³-hybridized carbons (Fsp3) is 0.560. The molecule has 1 rings (SSSR count). The summed E-state index contributed by atoms with van der Waals surface area (Å²) in [5.74, 6) is -0.283. The molecule has 0 spiro atoms. The van der Waals surface area contributed by atoms with Gasteiger partial charge in [0.1, 0.15) is 0 Å². The van der Waals surface area contributed by atoms with Crippen LogP contribution in [0.4, 0.5) is 0 Å². The first kappa shape index (κ1) is 23.2. The molecule has 150 valence electrons. The summed E-state index contributed by atoms with van der Waals surface area (Å²) < 4.78 is 5.26. The molecule has 0 fully saturated rings. The molecule has 0 amide bonds. The lowest BCUT2D eigenvalue weighted by molar-refractivity contribution is -0.140. The molecular formula is C25H38O2. The summed E-state index contributed by atoms with van der Waals surface area (Å²) in [6.07, 6.45) is 15.7. The average Bonchev–Trinajstić information content (AvgIpc) is 2.51. The van der Waals surface area contributed by atoms with E-state index in [0.717, 1.165) is 5.57 Å². The van der Waals surface area contributed by atoms with Crippen molar-refractivity contribution in [2.75, 3.05) is 6.61 Å². The zero-order chi connectivity index (χ0) is 20.7. The number of hydrogen-bond donors (Lipinski definition) is 0. The molecule has 0 aromatic heterocycles. The maximum atomic E-state index is 11.8. The molecule has 0 saturated carbocycles. The van der Waals surface area contributed by atoms with E-state index in [1.54, 1.807) is 6.08 Å². The maximum Gasteiger partial charge on any atom is 0.331 e. The standard InChI is InChI=1S/C25H38O2/c1-19(14-15-22-21(3)13-10-16-25(22,7)8)11-9-12-20(2)17-23(26)27-18-24(4,5)6/h9,11-12,14-15,17H,10,13,16,18H2,1-8H3/b12-9+,15-14+,19-11+,20-17+. The minimum Gasteiger partial charge on any atom is -0.462 e. The van der Waals surface area contributed by atoms with Gasteiger partial charge in [-0.2, -0.15) is 0 Å². The van der Waals surface area contributed by atoms with Crippen LogP contribution in [0.15, 0.2) is 58.7 Å². The Balaban J connectivity index is 2.67. The van der Waals surface area contributed by atoms with Crippen molar-refractivity contribution in [3.8, 4) is 0 Å². The molecule has 2 nitrogen and oxygen atoms in total. The summed E-state index contributed by atoms with van der Waals surface area (Å²) in [7, 11) is 0. The molecule has 1 aliphatic carbocycles. The lowest BCUT2D eigenvalue weighted by Gasteiger charge is -2.32. The first-order valence-corrected chi connectivity index (χ1v) is 9.99. The quantitative estimate of drug-likeness (QED) is 0.283. The Hall–Kier alpha value is -1.83. The van der Waals surface area contributed by atoms with Crippen molar-refractivity contribution in [2.45, 2.75) is 74.7 Å². The third-order valence-corrected chi connectivity index (χ3v) is 4.77. The number of esters is 1. The van der Waals surface area contributed by atoms with Crippen molar-refractivity contribution >= 4 is 5.97 Å². The van der Waals surface area contributed by atoms with Gasteiger partial charge >= 0.3 is 5.97 Å². The molecule has 0 aromatic rings. The number of carbonyl (C=O) groups excluding carboxylic acids is 1. The first-order chi connectivity index (χ1) is 12.4. The third kappa shape index (κ3) is 9.08. The van der Waals surface area contributed by atoms with Crippen LogP contribution in [0.2, 0.25) is 0 Å². The summed E-state index contributed by atoms with van der Waals surface area (Å²) in [6.45, 7) is 17.5. The third-order valence-electron chi connectivity index (χ3n) is 4.77. The number of carbonyl (C=O) groups is 1. The number of hydrogen-bond acceptors (Lipinski definition) is 2. The van der Waals surface area contributed by atoms with E-state index in [4.69, 9.17) is 4.74 Å². The van der Waals surface area contributed by atoms with Gasteiger partial charge in [0, 0.05) is 6.08 Å². The van der Waals surface area contributed by atoms with Crippen LogP contribution in [0.5, 0.6) is 0 Å². The van der Waals surface area contributed by atoms with E-state index in [-0.39, 0.29) is 16.8 Å². The fourth-order valence-electron chi connectivity index (χ4n) is 3.20. The minimum atomic E-state index is -0.283. The highest BCUT2D eigenvalue weighted by molar-refractivity contribution is 5.83. The summed E-state index contributed by atoms with van der Waals surface area (Å²) in [4.78, 5) is 11.8. The van der Waals surface area contributed by atoms with E-state index in [1.807, 2.05) is 39.8 Å². The summed E-state index contributed by atoms with van der Waals surface area (Å²) in [5, 5.41) is 0. The number of rotatable bonds is 6. The van der Waals surface area contributed by atoms with Crippen LogP contribution in [0.25, 0.3) is 0 Å². The normalized spacial score (nSPS) is 19.3. The van der Waals surface area contributed by atoms with Crippen LogP contribution >= 0.6 is 0 Å². The molecule has 0 N–H and O–H groups in total. The van der Waals surface area contributed by atoms with Crippen LogP contribution < -0.4 is 0 Å². The Kier molecular flexibility index (Phi) is 8.53. The second kappa shape index (κ2) is 9.92. The van der Waals surface area contributed by atoms with E-state index in [1.165, 1.54) is 36.0 Å². The van der Waals surface area contributed by atoms with Gasteiger partial charge in [0.25, 0.3) is 0 Å². The molecule has 0 atom stereocenters. The zero-order valence-electron chi connectivity index (χ0n) is 18.6. The van der Waals surface area contributed by atoms with E-state index < -0.39 is 0 Å². The van der Waals surface area contributed by atoms with Crippen molar-refractivity contribution in [3.63, 3.8) is 0 Å². The summed E-state index contributed by atoms with van der Waals surface area (Å²) in [5.41, 5.74) is 5.31. The van der Waals surface area contributed by atoms with Gasteiger partial charge in [0.15, 0.2) is 0 Å². The Labute approximate surface area is 166 Å². The largest absolute Gasteiger partial charge is 0.462 e. The van der Waals surface area contributed by atoms with Gasteiger partial charge in [0.05, 0.1) is 6.61 Å². The summed E-state index contributed by atoms with van der Waals surface area (Å²) in [6, 6.07) is 0. The highest BCUT2D eigenvalue weighted by atomic mass is 16.5. The zero-order valence-corrected chi connectivity index (χ0v) is 18.6. The molecule has 0 aromatic carbocycles. The van der Waals surface area contributed by atoms with Crippen molar-refractivity contribution in [3.05, 3.63) is 58.7 Å². The Morgan fingerprint density at radius 3 is 2.41 bits per heavy atom. The lowest BCUT2D eigenvalue weighted by Crippen LogP contribution is -2.19. The lowest BCUT2D eigenvalue weighted by atomic mass is 9.72. The smallest absolute Gasteiger partial charge is 0.331 e. The van der Waals surface area contributed by atoms with Gasteiger partial charge in [-0.15, -0.1) is 0 Å². The fourth-order valence-corrected chi connectivity index (χ4v) is 3.20. The Morgan fingerprint density at radius 1 is 1.15 bits per heavy atom. The maximum absolute atomic E-state index is 11.8. The van der Waals surface area contributed by atoms with Crippen LogP contribution in [0.3, 0.4) is 0 Å². The Bertz CT molecular complexity index is 674. The van der Waals surface area contributed by atoms with Crippen LogP contribution in [0.1, 0.15) is 74.7 Å². The van der Waals surface area contributed by atoms with Gasteiger partial charge < -0.3 is 4.74 Å². The molecule has 1 aliphatic rings. The van der Waals surface area contributed by atoms with Crippen LogP contribution in [-0.2, 0) is 9.53 Å². The number of ether oxygens (including phenoxy) is 1. The molecule has 0 radical (unpaired) electrons. The Morgan fingerprint density at radius 2 is 1.81 bits per heavy atom. The van der Waals surface area contributed by atoms with Gasteiger partial charge in [-0.25, -0.2) is 4.79 Å². The van der Waals surface area contributed by atoms with E-state index in [0.29, 0.717) is 6.61 Å². The highest BCUT2D eigenvalue weighted by Crippen LogP contribution is 2.40. The van der Waals surface area contributed by atoms with Gasteiger partial charge in [0.2, 0.25) is 0 Å². The van der Waals surface area contributed by atoms with Crippen molar-refractivity contribution in [1.29, 1.82) is 0 Å². The molecule has 27 heavy (non-hydrogen) atoms. The van der Waals surface area contributed by atoms with E-state index in [9.17, 15) is 4.79 Å². The monoisotopic (exact) mass is 370 g/mol. The van der Waals surface area contributed by atoms with Gasteiger partial charge in [-0.3, -0.25) is 0 Å². The summed E-state index contributed by atoms with van der Waals surface area (Å²) >= 11 is 0.